The first kappa shape index (κ1) is 12.1. The molecule has 0 amide bonds. The predicted molar refractivity (Wildman–Crippen MR) is 72.0 cm³/mol. The van der Waals surface area contributed by atoms with Crippen molar-refractivity contribution in [1.82, 2.24) is 9.97 Å². The topological polar surface area (TPSA) is 54.7 Å². The molecule has 17 heavy (non-hydrogen) atoms. The molecule has 0 fully saturated rings. The van der Waals surface area contributed by atoms with E-state index in [-0.39, 0.29) is 0 Å². The van der Waals surface area contributed by atoms with E-state index in [1.54, 1.807) is 0 Å². The van der Waals surface area contributed by atoms with Crippen molar-refractivity contribution in [3.05, 3.63) is 29.6 Å². The highest BCUT2D eigenvalue weighted by molar-refractivity contribution is 5.75. The number of rotatable bonds is 5. The fourth-order valence-corrected chi connectivity index (χ4v) is 2.09. The van der Waals surface area contributed by atoms with Crippen LogP contribution in [0.1, 0.15) is 31.7 Å². The molecule has 2 rings (SSSR count). The van der Waals surface area contributed by atoms with Crippen molar-refractivity contribution in [1.29, 1.82) is 0 Å². The fraction of sp³-hybridized carbons (Fsp3) is 0.500. The number of nitrogens with two attached hydrogens (primary N) is 1. The van der Waals surface area contributed by atoms with Crippen LogP contribution in [0.25, 0.3) is 11.0 Å². The van der Waals surface area contributed by atoms with E-state index in [2.05, 4.69) is 42.0 Å². The largest absolute Gasteiger partial charge is 0.342 e. The summed E-state index contributed by atoms with van der Waals surface area (Å²) in [6.07, 6.45) is 3.11. The van der Waals surface area contributed by atoms with Crippen molar-refractivity contribution in [2.45, 2.75) is 33.1 Å². The van der Waals surface area contributed by atoms with E-state index in [9.17, 15) is 0 Å². The van der Waals surface area contributed by atoms with Crippen molar-refractivity contribution < 1.29 is 0 Å². The molecule has 0 radical (unpaired) electrons. The van der Waals surface area contributed by atoms with Gasteiger partial charge in [0.05, 0.1) is 11.0 Å². The predicted octanol–water partition coefficient (Wildman–Crippen LogP) is 2.65. The van der Waals surface area contributed by atoms with Gasteiger partial charge in [-0.25, -0.2) is 4.98 Å². The quantitative estimate of drug-likeness (QED) is 0.831. The van der Waals surface area contributed by atoms with Crippen LogP contribution in [0, 0.1) is 5.92 Å². The molecule has 92 valence electrons. The lowest BCUT2D eigenvalue weighted by atomic mass is 10.0. The standard InChI is InChI=1S/C14H21N3/c1-3-10-5-6-12-13(7-10)17-14(16-12)8-11(4-2)9-15/h5-7,11H,3-4,8-9,15H2,1-2H3,(H,16,17). The zero-order valence-corrected chi connectivity index (χ0v) is 10.7. The Morgan fingerprint density at radius 3 is 2.82 bits per heavy atom. The van der Waals surface area contributed by atoms with Gasteiger partial charge in [-0.3, -0.25) is 0 Å². The third kappa shape index (κ3) is 2.67. The van der Waals surface area contributed by atoms with Crippen molar-refractivity contribution in [3.63, 3.8) is 0 Å². The maximum Gasteiger partial charge on any atom is 0.107 e. The van der Waals surface area contributed by atoms with Gasteiger partial charge in [-0.2, -0.15) is 0 Å². The molecule has 2 aromatic rings. The molecular formula is C14H21N3. The summed E-state index contributed by atoms with van der Waals surface area (Å²) >= 11 is 0. The lowest BCUT2D eigenvalue weighted by Crippen LogP contribution is -2.16. The van der Waals surface area contributed by atoms with Gasteiger partial charge < -0.3 is 10.7 Å². The van der Waals surface area contributed by atoms with Crippen LogP contribution in [0.15, 0.2) is 18.2 Å². The van der Waals surface area contributed by atoms with Crippen LogP contribution >= 0.6 is 0 Å². The van der Waals surface area contributed by atoms with Gasteiger partial charge in [-0.1, -0.05) is 26.3 Å². The number of H-pyrrole nitrogens is 1. The van der Waals surface area contributed by atoms with Crippen LogP contribution in [0.3, 0.4) is 0 Å². The van der Waals surface area contributed by atoms with Crippen LogP contribution in [0.4, 0.5) is 0 Å². The first-order valence-corrected chi connectivity index (χ1v) is 6.44. The van der Waals surface area contributed by atoms with Gasteiger partial charge in [0, 0.05) is 6.42 Å². The van der Waals surface area contributed by atoms with E-state index in [0.717, 1.165) is 42.7 Å². The second kappa shape index (κ2) is 5.32. The van der Waals surface area contributed by atoms with Crippen LogP contribution in [0.5, 0.6) is 0 Å². The highest BCUT2D eigenvalue weighted by atomic mass is 14.9. The summed E-state index contributed by atoms with van der Waals surface area (Å²) in [6.45, 7) is 5.07. The minimum absolute atomic E-state index is 0.529. The molecule has 0 saturated heterocycles. The maximum absolute atomic E-state index is 5.73. The highest BCUT2D eigenvalue weighted by Gasteiger charge is 2.09. The Bertz CT molecular complexity index is 483. The van der Waals surface area contributed by atoms with Gasteiger partial charge in [-0.05, 0) is 36.6 Å². The normalized spacial score (nSPS) is 13.1. The number of fused-ring (bicyclic) bond motifs is 1. The number of nitrogens with zero attached hydrogens (tertiary/aromatic N) is 1. The molecule has 1 aromatic carbocycles. The van der Waals surface area contributed by atoms with Crippen LogP contribution in [-0.4, -0.2) is 16.5 Å². The van der Waals surface area contributed by atoms with Gasteiger partial charge in [0.2, 0.25) is 0 Å². The minimum atomic E-state index is 0.529. The summed E-state index contributed by atoms with van der Waals surface area (Å²) in [5, 5.41) is 0. The number of nitrogens with one attached hydrogen (secondary N) is 1. The van der Waals surface area contributed by atoms with Gasteiger partial charge >= 0.3 is 0 Å². The molecule has 0 saturated carbocycles. The number of hydrogen-bond acceptors (Lipinski definition) is 2. The number of imidazole rings is 1. The van der Waals surface area contributed by atoms with E-state index in [0.29, 0.717) is 5.92 Å². The fourth-order valence-electron chi connectivity index (χ4n) is 2.09. The third-order valence-electron chi connectivity index (χ3n) is 3.40. The maximum atomic E-state index is 5.73. The Hall–Kier alpha value is -1.35. The zero-order valence-electron chi connectivity index (χ0n) is 10.7. The Morgan fingerprint density at radius 1 is 1.35 bits per heavy atom. The molecule has 1 heterocycles. The number of aromatic nitrogens is 2. The summed E-state index contributed by atoms with van der Waals surface area (Å²) in [7, 11) is 0. The minimum Gasteiger partial charge on any atom is -0.342 e. The molecule has 0 aliphatic carbocycles. The summed E-state index contributed by atoms with van der Waals surface area (Å²) < 4.78 is 0. The molecule has 3 nitrogen and oxygen atoms in total. The summed E-state index contributed by atoms with van der Waals surface area (Å²) in [4.78, 5) is 8.02. The molecule has 0 aliphatic rings. The van der Waals surface area contributed by atoms with Crippen LogP contribution in [-0.2, 0) is 12.8 Å². The number of hydrogen-bond donors (Lipinski definition) is 2. The Kier molecular flexibility index (Phi) is 3.79. The van der Waals surface area contributed by atoms with Gasteiger partial charge in [0.25, 0.3) is 0 Å². The lowest BCUT2D eigenvalue weighted by molar-refractivity contribution is 0.508. The monoisotopic (exact) mass is 231 g/mol. The molecule has 3 N–H and O–H groups in total. The van der Waals surface area contributed by atoms with Gasteiger partial charge in [0.1, 0.15) is 5.82 Å². The second-order valence-corrected chi connectivity index (χ2v) is 4.60. The Balaban J connectivity index is 2.25. The molecule has 1 aromatic heterocycles. The van der Waals surface area contributed by atoms with E-state index < -0.39 is 0 Å². The first-order valence-electron chi connectivity index (χ1n) is 6.44. The third-order valence-corrected chi connectivity index (χ3v) is 3.40. The molecule has 1 unspecified atom stereocenters. The lowest BCUT2D eigenvalue weighted by Gasteiger charge is -2.08. The van der Waals surface area contributed by atoms with Crippen molar-refractivity contribution in [2.24, 2.45) is 11.7 Å². The number of aromatic amines is 1. The molecule has 0 bridgehead atoms. The van der Waals surface area contributed by atoms with E-state index in [1.165, 1.54) is 5.56 Å². The molecule has 3 heteroatoms. The van der Waals surface area contributed by atoms with Crippen molar-refractivity contribution >= 4 is 11.0 Å². The van der Waals surface area contributed by atoms with Crippen molar-refractivity contribution in [3.8, 4) is 0 Å². The van der Waals surface area contributed by atoms with Crippen molar-refractivity contribution in [2.75, 3.05) is 6.54 Å². The molecule has 0 aliphatic heterocycles. The Morgan fingerprint density at radius 2 is 2.18 bits per heavy atom. The van der Waals surface area contributed by atoms with Crippen LogP contribution in [0.2, 0.25) is 0 Å². The Labute approximate surface area is 102 Å². The average molecular weight is 231 g/mol. The smallest absolute Gasteiger partial charge is 0.107 e. The van der Waals surface area contributed by atoms with E-state index >= 15 is 0 Å². The summed E-state index contributed by atoms with van der Waals surface area (Å²) in [6, 6.07) is 6.43. The van der Waals surface area contributed by atoms with Gasteiger partial charge in [-0.15, -0.1) is 0 Å². The van der Waals surface area contributed by atoms with Crippen LogP contribution < -0.4 is 5.73 Å². The SMILES string of the molecule is CCc1ccc2nc(CC(CC)CN)[nH]c2c1. The highest BCUT2D eigenvalue weighted by Crippen LogP contribution is 2.16. The second-order valence-electron chi connectivity index (χ2n) is 4.60. The zero-order chi connectivity index (χ0) is 12.3. The molecular weight excluding hydrogens is 210 g/mol. The number of aryl methyl sites for hydroxylation is 1. The first-order chi connectivity index (χ1) is 8.26. The van der Waals surface area contributed by atoms with E-state index in [4.69, 9.17) is 5.73 Å². The molecule has 1 atom stereocenters. The van der Waals surface area contributed by atoms with E-state index in [1.807, 2.05) is 0 Å². The number of benzene rings is 1. The average Bonchev–Trinajstić information content (AvgIpc) is 2.76. The summed E-state index contributed by atoms with van der Waals surface area (Å²) in [5.41, 5.74) is 9.28. The summed E-state index contributed by atoms with van der Waals surface area (Å²) in [5.74, 6) is 1.59. The molecule has 0 spiro atoms. The van der Waals surface area contributed by atoms with Gasteiger partial charge in [0.15, 0.2) is 0 Å².